The van der Waals surface area contributed by atoms with Crippen molar-refractivity contribution in [3.8, 4) is 11.5 Å². The van der Waals surface area contributed by atoms with Gasteiger partial charge >= 0.3 is 11.9 Å². The number of hydrazone groups is 1. The van der Waals surface area contributed by atoms with Crippen molar-refractivity contribution in [2.24, 2.45) is 5.10 Å². The van der Waals surface area contributed by atoms with Crippen LogP contribution in [0.15, 0.2) is 108 Å². The van der Waals surface area contributed by atoms with E-state index in [2.05, 4.69) is 10.5 Å². The fraction of sp³-hybridized carbons (Fsp3) is 0.0345. The average molecular weight is 479 g/mol. The summed E-state index contributed by atoms with van der Waals surface area (Å²) in [5.74, 6) is -1.25. The highest BCUT2D eigenvalue weighted by molar-refractivity contribution is 5.96. The van der Waals surface area contributed by atoms with Crippen molar-refractivity contribution in [1.82, 2.24) is 5.43 Å². The number of rotatable bonds is 7. The third-order valence-electron chi connectivity index (χ3n) is 5.10. The van der Waals surface area contributed by atoms with E-state index >= 15 is 0 Å². The van der Waals surface area contributed by atoms with Crippen molar-refractivity contribution in [2.45, 2.75) is 6.92 Å². The molecule has 0 saturated carbocycles. The molecule has 7 nitrogen and oxygen atoms in total. The molecule has 1 amide bonds. The molecule has 4 aromatic rings. The number of esters is 2. The lowest BCUT2D eigenvalue weighted by molar-refractivity contribution is 0.0732. The monoisotopic (exact) mass is 478 g/mol. The van der Waals surface area contributed by atoms with E-state index in [9.17, 15) is 14.4 Å². The highest BCUT2D eigenvalue weighted by atomic mass is 16.5. The zero-order chi connectivity index (χ0) is 25.3. The van der Waals surface area contributed by atoms with E-state index < -0.39 is 11.9 Å². The summed E-state index contributed by atoms with van der Waals surface area (Å²) in [6, 6.07) is 28.6. The molecule has 0 unspecified atom stereocenters. The summed E-state index contributed by atoms with van der Waals surface area (Å²) in [5.41, 5.74) is 5.06. The van der Waals surface area contributed by atoms with Crippen LogP contribution in [0.25, 0.3) is 0 Å². The lowest BCUT2D eigenvalue weighted by atomic mass is 10.1. The van der Waals surface area contributed by atoms with Crippen LogP contribution >= 0.6 is 0 Å². The van der Waals surface area contributed by atoms with Gasteiger partial charge in [0.2, 0.25) is 0 Å². The number of aryl methyl sites for hydroxylation is 1. The van der Waals surface area contributed by atoms with Gasteiger partial charge in [-0.2, -0.15) is 5.10 Å². The molecule has 36 heavy (non-hydrogen) atoms. The summed E-state index contributed by atoms with van der Waals surface area (Å²) in [5, 5.41) is 4.00. The van der Waals surface area contributed by atoms with E-state index in [-0.39, 0.29) is 17.4 Å². The molecule has 0 radical (unpaired) electrons. The number of ether oxygens (including phenoxy) is 2. The van der Waals surface area contributed by atoms with Crippen molar-refractivity contribution in [3.05, 3.63) is 131 Å². The zero-order valence-corrected chi connectivity index (χ0v) is 19.4. The maximum atomic E-state index is 12.7. The predicted octanol–water partition coefficient (Wildman–Crippen LogP) is 5.20. The molecule has 1 N–H and O–H groups in total. The Morgan fingerprint density at radius 3 is 1.89 bits per heavy atom. The maximum absolute atomic E-state index is 12.7. The second kappa shape index (κ2) is 11.4. The SMILES string of the molecule is Cc1ccc(C(=O)N/N=C\c2ccc(OC(=O)c3ccccc3)cc2OC(=O)c2ccccc2)cc1. The molecular weight excluding hydrogens is 456 g/mol. The fourth-order valence-electron chi connectivity index (χ4n) is 3.18. The van der Waals surface area contributed by atoms with Crippen LogP contribution in [0.1, 0.15) is 42.2 Å². The molecule has 0 atom stereocenters. The molecule has 0 bridgehead atoms. The first-order valence-corrected chi connectivity index (χ1v) is 11.1. The fourth-order valence-corrected chi connectivity index (χ4v) is 3.18. The third-order valence-corrected chi connectivity index (χ3v) is 5.10. The molecule has 0 aliphatic carbocycles. The molecule has 0 spiro atoms. The van der Waals surface area contributed by atoms with Gasteiger partial charge in [0, 0.05) is 17.2 Å². The molecular formula is C29H22N2O5. The van der Waals surface area contributed by atoms with Crippen LogP contribution in [0, 0.1) is 6.92 Å². The summed E-state index contributed by atoms with van der Waals surface area (Å²) in [7, 11) is 0. The Morgan fingerprint density at radius 2 is 1.28 bits per heavy atom. The predicted molar refractivity (Wildman–Crippen MR) is 135 cm³/mol. The average Bonchev–Trinajstić information content (AvgIpc) is 2.91. The number of benzene rings is 4. The molecule has 0 fully saturated rings. The summed E-state index contributed by atoms with van der Waals surface area (Å²) in [4.78, 5) is 37.5. The standard InChI is InChI=1S/C29H22N2O5/c1-20-12-14-21(15-13-20)27(32)31-30-19-24-16-17-25(35-28(33)22-8-4-2-5-9-22)18-26(24)36-29(34)23-10-6-3-7-11-23/h2-19H,1H3,(H,31,32)/b30-19-. The van der Waals surface area contributed by atoms with Gasteiger partial charge in [0.1, 0.15) is 11.5 Å². The van der Waals surface area contributed by atoms with Crippen molar-refractivity contribution in [3.63, 3.8) is 0 Å². The molecule has 7 heteroatoms. The van der Waals surface area contributed by atoms with E-state index in [1.807, 2.05) is 19.1 Å². The first kappa shape index (κ1) is 24.1. The van der Waals surface area contributed by atoms with Crippen molar-refractivity contribution >= 4 is 24.1 Å². The van der Waals surface area contributed by atoms with Gasteiger partial charge in [-0.25, -0.2) is 15.0 Å². The van der Waals surface area contributed by atoms with Gasteiger partial charge in [0.05, 0.1) is 17.3 Å². The summed E-state index contributed by atoms with van der Waals surface area (Å²) in [6.45, 7) is 1.93. The van der Waals surface area contributed by atoms with Gasteiger partial charge in [-0.15, -0.1) is 0 Å². The molecule has 0 heterocycles. The number of nitrogens with one attached hydrogen (secondary N) is 1. The lowest BCUT2D eigenvalue weighted by Gasteiger charge is -2.10. The second-order valence-corrected chi connectivity index (χ2v) is 7.78. The quantitative estimate of drug-likeness (QED) is 0.171. The summed E-state index contributed by atoms with van der Waals surface area (Å²) >= 11 is 0. The summed E-state index contributed by atoms with van der Waals surface area (Å²) in [6.07, 6.45) is 1.35. The second-order valence-electron chi connectivity index (χ2n) is 7.78. The van der Waals surface area contributed by atoms with Gasteiger partial charge in [-0.05, 0) is 55.5 Å². The van der Waals surface area contributed by atoms with Crippen LogP contribution in [-0.2, 0) is 0 Å². The first-order chi connectivity index (χ1) is 17.5. The van der Waals surface area contributed by atoms with Crippen LogP contribution in [0.4, 0.5) is 0 Å². The van der Waals surface area contributed by atoms with Crippen molar-refractivity contribution < 1.29 is 23.9 Å². The number of hydrogen-bond acceptors (Lipinski definition) is 6. The van der Waals surface area contributed by atoms with Crippen LogP contribution in [0.2, 0.25) is 0 Å². The third kappa shape index (κ3) is 6.30. The minimum Gasteiger partial charge on any atom is -0.423 e. The largest absolute Gasteiger partial charge is 0.423 e. The van der Waals surface area contributed by atoms with Gasteiger partial charge < -0.3 is 9.47 Å². The normalized spacial score (nSPS) is 10.6. The topological polar surface area (TPSA) is 94.1 Å². The number of hydrogen-bond donors (Lipinski definition) is 1. The Morgan fingerprint density at radius 1 is 0.694 bits per heavy atom. The van der Waals surface area contributed by atoms with Crippen LogP contribution < -0.4 is 14.9 Å². The van der Waals surface area contributed by atoms with Crippen molar-refractivity contribution in [2.75, 3.05) is 0 Å². The van der Waals surface area contributed by atoms with E-state index in [1.54, 1.807) is 84.9 Å². The maximum Gasteiger partial charge on any atom is 0.343 e. The Hall–Kier alpha value is -5.04. The van der Waals surface area contributed by atoms with E-state index in [0.717, 1.165) is 5.56 Å². The highest BCUT2D eigenvalue weighted by Crippen LogP contribution is 2.26. The van der Waals surface area contributed by atoms with Gasteiger partial charge in [0.15, 0.2) is 0 Å². The minimum absolute atomic E-state index is 0.107. The number of nitrogens with zero attached hydrogens (tertiary/aromatic N) is 1. The molecule has 4 rings (SSSR count). The molecule has 0 aliphatic heterocycles. The van der Waals surface area contributed by atoms with Gasteiger partial charge in [0.25, 0.3) is 5.91 Å². The lowest BCUT2D eigenvalue weighted by Crippen LogP contribution is -2.17. The van der Waals surface area contributed by atoms with E-state index in [0.29, 0.717) is 22.3 Å². The van der Waals surface area contributed by atoms with Crippen molar-refractivity contribution in [1.29, 1.82) is 0 Å². The highest BCUT2D eigenvalue weighted by Gasteiger charge is 2.15. The van der Waals surface area contributed by atoms with Gasteiger partial charge in [-0.3, -0.25) is 4.79 Å². The van der Waals surface area contributed by atoms with E-state index in [4.69, 9.17) is 9.47 Å². The van der Waals surface area contributed by atoms with Crippen LogP contribution in [0.3, 0.4) is 0 Å². The number of carbonyl (C=O) groups excluding carboxylic acids is 3. The molecule has 0 aliphatic rings. The number of carbonyl (C=O) groups is 3. The molecule has 178 valence electrons. The van der Waals surface area contributed by atoms with Crippen LogP contribution in [-0.4, -0.2) is 24.1 Å². The Balaban J connectivity index is 1.55. The summed E-state index contributed by atoms with van der Waals surface area (Å²) < 4.78 is 11.0. The number of amides is 1. The smallest absolute Gasteiger partial charge is 0.343 e. The van der Waals surface area contributed by atoms with Crippen LogP contribution in [0.5, 0.6) is 11.5 Å². The Kier molecular flexibility index (Phi) is 7.63. The molecule has 0 aromatic heterocycles. The van der Waals surface area contributed by atoms with E-state index in [1.165, 1.54) is 12.3 Å². The molecule has 4 aromatic carbocycles. The minimum atomic E-state index is -0.597. The first-order valence-electron chi connectivity index (χ1n) is 11.1. The molecule has 0 saturated heterocycles. The zero-order valence-electron chi connectivity index (χ0n) is 19.4. The Bertz CT molecular complexity index is 1400. The van der Waals surface area contributed by atoms with Gasteiger partial charge in [-0.1, -0.05) is 54.1 Å². The Labute approximate surface area is 208 Å².